The predicted octanol–water partition coefficient (Wildman–Crippen LogP) is 5.11. The summed E-state index contributed by atoms with van der Waals surface area (Å²) in [6.45, 7) is 10.4. The van der Waals surface area contributed by atoms with E-state index in [-0.39, 0.29) is 0 Å². The van der Waals surface area contributed by atoms with Gasteiger partial charge in [0.2, 0.25) is 0 Å². The Hall–Kier alpha value is -0.820. The van der Waals surface area contributed by atoms with Gasteiger partial charge in [0, 0.05) is 6.04 Å². The van der Waals surface area contributed by atoms with Crippen molar-refractivity contribution in [3.63, 3.8) is 0 Å². The van der Waals surface area contributed by atoms with E-state index < -0.39 is 0 Å². The fraction of sp³-hybridized carbons (Fsp3) is 0.684. The highest BCUT2D eigenvalue weighted by atomic mass is 14.9. The summed E-state index contributed by atoms with van der Waals surface area (Å²) in [5.41, 5.74) is 2.87. The molecule has 0 radical (unpaired) electrons. The van der Waals surface area contributed by atoms with Gasteiger partial charge in [-0.2, -0.15) is 0 Å². The molecule has 1 N–H and O–H groups in total. The van der Waals surface area contributed by atoms with Gasteiger partial charge >= 0.3 is 0 Å². The first-order valence-electron chi connectivity index (χ1n) is 8.40. The van der Waals surface area contributed by atoms with Gasteiger partial charge < -0.3 is 5.32 Å². The maximum atomic E-state index is 3.82. The second-order valence-corrected chi connectivity index (χ2v) is 7.02. The summed E-state index contributed by atoms with van der Waals surface area (Å²) in [5.74, 6) is 2.54. The van der Waals surface area contributed by atoms with Crippen LogP contribution in [0.5, 0.6) is 0 Å². The Morgan fingerprint density at radius 1 is 1.15 bits per heavy atom. The number of hydrogen-bond acceptors (Lipinski definition) is 1. The molecule has 1 aliphatic rings. The van der Waals surface area contributed by atoms with Crippen LogP contribution < -0.4 is 5.32 Å². The van der Waals surface area contributed by atoms with Crippen LogP contribution in [-0.4, -0.2) is 6.54 Å². The second kappa shape index (κ2) is 7.26. The van der Waals surface area contributed by atoms with Crippen molar-refractivity contribution in [2.24, 2.45) is 17.8 Å². The number of rotatable bonds is 5. The van der Waals surface area contributed by atoms with Gasteiger partial charge in [-0.25, -0.2) is 0 Å². The van der Waals surface area contributed by atoms with Gasteiger partial charge in [-0.1, -0.05) is 50.6 Å². The molecule has 1 nitrogen and oxygen atoms in total. The lowest BCUT2D eigenvalue weighted by molar-refractivity contribution is 0.176. The lowest BCUT2D eigenvalue weighted by Crippen LogP contribution is -2.33. The van der Waals surface area contributed by atoms with Crippen LogP contribution in [0.25, 0.3) is 0 Å². The lowest BCUT2D eigenvalue weighted by atomic mass is 9.72. The number of nitrogens with one attached hydrogen (secondary N) is 1. The van der Waals surface area contributed by atoms with Crippen molar-refractivity contribution >= 4 is 0 Å². The van der Waals surface area contributed by atoms with Gasteiger partial charge in [0.05, 0.1) is 0 Å². The molecule has 0 aromatic heterocycles. The molecule has 0 bridgehead atoms. The standard InChI is InChI=1S/C19H31N/c1-5-9-20-19(17-8-6-7-14(2)11-17)18-12-15(3)10-16(4)13-18/h6-8,11,15-16,18-20H,5,9-10,12-13H2,1-4H3. The van der Waals surface area contributed by atoms with Crippen LogP contribution in [0.4, 0.5) is 0 Å². The first-order chi connectivity index (χ1) is 9.60. The molecule has 0 spiro atoms. The minimum Gasteiger partial charge on any atom is -0.310 e. The van der Waals surface area contributed by atoms with Crippen molar-refractivity contribution in [1.29, 1.82) is 0 Å². The molecule has 1 saturated carbocycles. The van der Waals surface area contributed by atoms with E-state index in [9.17, 15) is 0 Å². The molecule has 0 aliphatic heterocycles. The maximum Gasteiger partial charge on any atom is 0.0348 e. The highest BCUT2D eigenvalue weighted by Crippen LogP contribution is 2.39. The van der Waals surface area contributed by atoms with Crippen molar-refractivity contribution < 1.29 is 0 Å². The van der Waals surface area contributed by atoms with Crippen LogP contribution in [-0.2, 0) is 0 Å². The monoisotopic (exact) mass is 273 g/mol. The number of hydrogen-bond donors (Lipinski definition) is 1. The Morgan fingerprint density at radius 3 is 2.45 bits per heavy atom. The zero-order valence-corrected chi connectivity index (χ0v) is 13.7. The third-order valence-electron chi connectivity index (χ3n) is 4.70. The zero-order valence-electron chi connectivity index (χ0n) is 13.7. The smallest absolute Gasteiger partial charge is 0.0348 e. The van der Waals surface area contributed by atoms with Crippen LogP contribution in [0.1, 0.15) is 63.6 Å². The summed E-state index contributed by atoms with van der Waals surface area (Å²) in [4.78, 5) is 0. The highest BCUT2D eigenvalue weighted by Gasteiger charge is 2.30. The van der Waals surface area contributed by atoms with Crippen molar-refractivity contribution in [2.45, 2.75) is 59.4 Å². The Balaban J connectivity index is 2.18. The fourth-order valence-corrected chi connectivity index (χ4v) is 4.00. The molecule has 0 amide bonds. The molecule has 1 aliphatic carbocycles. The Morgan fingerprint density at radius 2 is 1.85 bits per heavy atom. The van der Waals surface area contributed by atoms with Crippen LogP contribution in [0.3, 0.4) is 0 Å². The first kappa shape index (κ1) is 15.6. The normalized spacial score (nSPS) is 28.3. The van der Waals surface area contributed by atoms with Gasteiger partial charge in [-0.15, -0.1) is 0 Å². The van der Waals surface area contributed by atoms with Gasteiger partial charge in [0.25, 0.3) is 0 Å². The minimum atomic E-state index is 0.542. The topological polar surface area (TPSA) is 12.0 Å². The number of aryl methyl sites for hydroxylation is 1. The summed E-state index contributed by atoms with van der Waals surface area (Å²) in [7, 11) is 0. The summed E-state index contributed by atoms with van der Waals surface area (Å²) >= 11 is 0. The summed E-state index contributed by atoms with van der Waals surface area (Å²) in [6.07, 6.45) is 5.37. The van der Waals surface area contributed by atoms with Crippen molar-refractivity contribution in [3.8, 4) is 0 Å². The van der Waals surface area contributed by atoms with Gasteiger partial charge in [0.1, 0.15) is 0 Å². The predicted molar refractivity (Wildman–Crippen MR) is 87.9 cm³/mol. The average molecular weight is 273 g/mol. The largest absolute Gasteiger partial charge is 0.310 e. The molecule has 112 valence electrons. The molecule has 3 atom stereocenters. The average Bonchev–Trinajstić information content (AvgIpc) is 2.38. The molecule has 0 saturated heterocycles. The van der Waals surface area contributed by atoms with E-state index in [2.05, 4.69) is 57.3 Å². The summed E-state index contributed by atoms with van der Waals surface area (Å²) < 4.78 is 0. The summed E-state index contributed by atoms with van der Waals surface area (Å²) in [6, 6.07) is 9.63. The van der Waals surface area contributed by atoms with Crippen LogP contribution in [0.15, 0.2) is 24.3 Å². The molecule has 2 rings (SSSR count). The molecule has 1 heteroatoms. The van der Waals surface area contributed by atoms with Gasteiger partial charge in [-0.3, -0.25) is 0 Å². The van der Waals surface area contributed by atoms with Gasteiger partial charge in [0.15, 0.2) is 0 Å². The molecule has 20 heavy (non-hydrogen) atoms. The van der Waals surface area contributed by atoms with E-state index in [1.54, 1.807) is 0 Å². The van der Waals surface area contributed by atoms with Crippen LogP contribution in [0.2, 0.25) is 0 Å². The third kappa shape index (κ3) is 4.09. The molecule has 3 unspecified atom stereocenters. The minimum absolute atomic E-state index is 0.542. The van der Waals surface area contributed by atoms with E-state index in [4.69, 9.17) is 0 Å². The quantitative estimate of drug-likeness (QED) is 0.786. The molecular formula is C19H31N. The molecule has 1 fully saturated rings. The molecule has 0 heterocycles. The lowest BCUT2D eigenvalue weighted by Gasteiger charge is -2.37. The van der Waals surface area contributed by atoms with E-state index in [1.165, 1.54) is 36.8 Å². The van der Waals surface area contributed by atoms with Crippen molar-refractivity contribution in [2.75, 3.05) is 6.54 Å². The first-order valence-corrected chi connectivity index (χ1v) is 8.40. The molecule has 1 aromatic rings. The van der Waals surface area contributed by atoms with E-state index in [1.807, 2.05) is 0 Å². The van der Waals surface area contributed by atoms with Crippen molar-refractivity contribution in [1.82, 2.24) is 5.32 Å². The van der Waals surface area contributed by atoms with Crippen LogP contribution >= 0.6 is 0 Å². The Bertz CT molecular complexity index is 402. The summed E-state index contributed by atoms with van der Waals surface area (Å²) in [5, 5.41) is 3.82. The second-order valence-electron chi connectivity index (χ2n) is 7.02. The highest BCUT2D eigenvalue weighted by molar-refractivity contribution is 5.25. The third-order valence-corrected chi connectivity index (χ3v) is 4.70. The van der Waals surface area contributed by atoms with E-state index >= 15 is 0 Å². The molecular weight excluding hydrogens is 242 g/mol. The molecule has 1 aromatic carbocycles. The number of benzene rings is 1. The Kier molecular flexibility index (Phi) is 5.65. The fourth-order valence-electron chi connectivity index (χ4n) is 4.00. The van der Waals surface area contributed by atoms with E-state index in [0.717, 1.165) is 24.3 Å². The van der Waals surface area contributed by atoms with Crippen LogP contribution in [0, 0.1) is 24.7 Å². The van der Waals surface area contributed by atoms with Gasteiger partial charge in [-0.05, 0) is 62.5 Å². The van der Waals surface area contributed by atoms with E-state index in [0.29, 0.717) is 6.04 Å². The van der Waals surface area contributed by atoms with Crippen molar-refractivity contribution in [3.05, 3.63) is 35.4 Å². The SMILES string of the molecule is CCCNC(c1cccc(C)c1)C1CC(C)CC(C)C1. The Labute approximate surface area is 125 Å². The maximum absolute atomic E-state index is 3.82. The zero-order chi connectivity index (χ0) is 14.5.